The second-order valence-corrected chi connectivity index (χ2v) is 4.87. The Balaban J connectivity index is 1.73. The van der Waals surface area contributed by atoms with E-state index in [0.717, 1.165) is 23.4 Å². The third-order valence-electron chi connectivity index (χ3n) is 3.44. The van der Waals surface area contributed by atoms with Crippen molar-refractivity contribution in [3.05, 3.63) is 59.4 Å². The molecule has 3 rings (SSSR count). The predicted octanol–water partition coefficient (Wildman–Crippen LogP) is 3.32. The smallest absolute Gasteiger partial charge is 0.224 e. The monoisotopic (exact) mass is 270 g/mol. The van der Waals surface area contributed by atoms with Crippen molar-refractivity contribution in [2.75, 3.05) is 10.6 Å². The van der Waals surface area contributed by atoms with E-state index in [0.29, 0.717) is 18.5 Å². The maximum atomic E-state index is 13.5. The van der Waals surface area contributed by atoms with Crippen LogP contribution in [0.4, 0.5) is 15.8 Å². The Morgan fingerprint density at radius 3 is 2.85 bits per heavy atom. The third-order valence-corrected chi connectivity index (χ3v) is 3.44. The van der Waals surface area contributed by atoms with Crippen molar-refractivity contribution in [2.24, 2.45) is 0 Å². The quantitative estimate of drug-likeness (QED) is 0.898. The molecule has 1 heterocycles. The number of carbonyl (C=O) groups excluding carboxylic acids is 1. The Labute approximate surface area is 116 Å². The molecule has 1 amide bonds. The van der Waals surface area contributed by atoms with Crippen molar-refractivity contribution in [3.63, 3.8) is 0 Å². The molecular formula is C16H15FN2O. The highest BCUT2D eigenvalue weighted by Crippen LogP contribution is 2.26. The van der Waals surface area contributed by atoms with E-state index in [1.807, 2.05) is 24.3 Å². The number of carbonyl (C=O) groups is 1. The van der Waals surface area contributed by atoms with Crippen LogP contribution in [0.5, 0.6) is 0 Å². The number of aryl methyl sites for hydroxylation is 1. The Kier molecular flexibility index (Phi) is 3.37. The lowest BCUT2D eigenvalue weighted by Crippen LogP contribution is -2.19. The fraction of sp³-hybridized carbons (Fsp3) is 0.188. The Bertz CT molecular complexity index is 655. The first-order chi connectivity index (χ1) is 9.72. The molecule has 4 heteroatoms. The molecule has 3 nitrogen and oxygen atoms in total. The van der Waals surface area contributed by atoms with E-state index >= 15 is 0 Å². The molecule has 0 bridgehead atoms. The summed E-state index contributed by atoms with van der Waals surface area (Å²) in [6, 6.07) is 12.5. The number of halogens is 1. The maximum Gasteiger partial charge on any atom is 0.224 e. The van der Waals surface area contributed by atoms with Gasteiger partial charge in [-0.2, -0.15) is 0 Å². The van der Waals surface area contributed by atoms with Crippen LogP contribution in [0.1, 0.15) is 17.5 Å². The van der Waals surface area contributed by atoms with Gasteiger partial charge in [0.25, 0.3) is 0 Å². The fourth-order valence-electron chi connectivity index (χ4n) is 2.33. The van der Waals surface area contributed by atoms with Crippen LogP contribution in [-0.2, 0) is 17.8 Å². The number of amides is 1. The summed E-state index contributed by atoms with van der Waals surface area (Å²) in [7, 11) is 0. The van der Waals surface area contributed by atoms with Crippen LogP contribution in [0.15, 0.2) is 42.5 Å². The van der Waals surface area contributed by atoms with Crippen LogP contribution in [0.25, 0.3) is 0 Å². The molecule has 0 spiro atoms. The van der Waals surface area contributed by atoms with Crippen molar-refractivity contribution in [2.45, 2.75) is 19.4 Å². The van der Waals surface area contributed by atoms with Gasteiger partial charge in [-0.1, -0.05) is 18.2 Å². The molecular weight excluding hydrogens is 255 g/mol. The molecule has 0 radical (unpaired) electrons. The lowest BCUT2D eigenvalue weighted by Gasteiger charge is -2.18. The summed E-state index contributed by atoms with van der Waals surface area (Å²) in [5, 5.41) is 6.05. The molecule has 2 aromatic carbocycles. The molecule has 0 atom stereocenters. The molecule has 1 aliphatic rings. The molecule has 102 valence electrons. The zero-order chi connectivity index (χ0) is 13.9. The van der Waals surface area contributed by atoms with Gasteiger partial charge in [0.2, 0.25) is 5.91 Å². The number of fused-ring (bicyclic) bond motifs is 1. The molecule has 2 N–H and O–H groups in total. The highest BCUT2D eigenvalue weighted by Gasteiger charge is 2.14. The van der Waals surface area contributed by atoms with Gasteiger partial charge in [0, 0.05) is 29.9 Å². The zero-order valence-corrected chi connectivity index (χ0v) is 10.9. The zero-order valence-electron chi connectivity index (χ0n) is 10.9. The third kappa shape index (κ3) is 2.64. The average Bonchev–Trinajstić information content (AvgIpc) is 2.46. The first-order valence-electron chi connectivity index (χ1n) is 6.62. The SMILES string of the molecule is O=C1CCc2cc(NCc3ccccc3F)ccc2N1. The second-order valence-electron chi connectivity index (χ2n) is 4.87. The Hall–Kier alpha value is -2.36. The summed E-state index contributed by atoms with van der Waals surface area (Å²) in [5.74, 6) is -0.144. The van der Waals surface area contributed by atoms with E-state index in [1.165, 1.54) is 6.07 Å². The molecule has 0 aliphatic carbocycles. The number of benzene rings is 2. The summed E-state index contributed by atoms with van der Waals surface area (Å²) in [4.78, 5) is 11.3. The first kappa shape index (κ1) is 12.7. The predicted molar refractivity (Wildman–Crippen MR) is 77.1 cm³/mol. The summed E-state index contributed by atoms with van der Waals surface area (Å²) in [5.41, 5.74) is 3.56. The van der Waals surface area contributed by atoms with Crippen LogP contribution in [0, 0.1) is 5.82 Å². The minimum absolute atomic E-state index is 0.0598. The lowest BCUT2D eigenvalue weighted by molar-refractivity contribution is -0.116. The molecule has 2 aromatic rings. The van der Waals surface area contributed by atoms with Gasteiger partial charge in [-0.05, 0) is 36.2 Å². The number of rotatable bonds is 3. The summed E-state index contributed by atoms with van der Waals surface area (Å²) in [6.45, 7) is 0.442. The maximum absolute atomic E-state index is 13.5. The van der Waals surface area contributed by atoms with Gasteiger partial charge in [-0.25, -0.2) is 4.39 Å². The van der Waals surface area contributed by atoms with E-state index in [4.69, 9.17) is 0 Å². The molecule has 0 saturated heterocycles. The highest BCUT2D eigenvalue weighted by molar-refractivity contribution is 5.94. The van der Waals surface area contributed by atoms with E-state index in [-0.39, 0.29) is 11.7 Å². The van der Waals surface area contributed by atoms with E-state index in [9.17, 15) is 9.18 Å². The Morgan fingerprint density at radius 1 is 1.15 bits per heavy atom. The van der Waals surface area contributed by atoms with Gasteiger partial charge in [0.05, 0.1) is 0 Å². The summed E-state index contributed by atoms with van der Waals surface area (Å²) >= 11 is 0. The normalized spacial score (nSPS) is 13.6. The number of anilines is 2. The topological polar surface area (TPSA) is 41.1 Å². The van der Waals surface area contributed by atoms with Crippen LogP contribution in [0.3, 0.4) is 0 Å². The highest BCUT2D eigenvalue weighted by atomic mass is 19.1. The van der Waals surface area contributed by atoms with E-state index in [1.54, 1.807) is 12.1 Å². The van der Waals surface area contributed by atoms with Crippen molar-refractivity contribution in [1.29, 1.82) is 0 Å². The van der Waals surface area contributed by atoms with Crippen molar-refractivity contribution >= 4 is 17.3 Å². The fourth-order valence-corrected chi connectivity index (χ4v) is 2.33. The van der Waals surface area contributed by atoms with Crippen LogP contribution in [-0.4, -0.2) is 5.91 Å². The lowest BCUT2D eigenvalue weighted by atomic mass is 10.0. The van der Waals surface area contributed by atoms with Crippen molar-refractivity contribution in [3.8, 4) is 0 Å². The van der Waals surface area contributed by atoms with Gasteiger partial charge in [-0.3, -0.25) is 4.79 Å². The minimum atomic E-state index is -0.203. The number of nitrogens with one attached hydrogen (secondary N) is 2. The van der Waals surface area contributed by atoms with Crippen LogP contribution in [0.2, 0.25) is 0 Å². The van der Waals surface area contributed by atoms with E-state index < -0.39 is 0 Å². The molecule has 0 saturated carbocycles. The number of hydrogen-bond acceptors (Lipinski definition) is 2. The molecule has 0 fully saturated rings. The minimum Gasteiger partial charge on any atom is -0.381 e. The standard InChI is InChI=1S/C16H15FN2O/c17-14-4-2-1-3-12(14)10-18-13-6-7-15-11(9-13)5-8-16(20)19-15/h1-4,6-7,9,18H,5,8,10H2,(H,19,20). The Morgan fingerprint density at radius 2 is 2.00 bits per heavy atom. The van der Waals surface area contributed by atoms with Crippen molar-refractivity contribution < 1.29 is 9.18 Å². The van der Waals surface area contributed by atoms with Crippen molar-refractivity contribution in [1.82, 2.24) is 0 Å². The van der Waals surface area contributed by atoms with Gasteiger partial charge < -0.3 is 10.6 Å². The molecule has 20 heavy (non-hydrogen) atoms. The number of hydrogen-bond donors (Lipinski definition) is 2. The molecule has 0 aromatic heterocycles. The van der Waals surface area contributed by atoms with Crippen LogP contribution >= 0.6 is 0 Å². The average molecular weight is 270 g/mol. The van der Waals surface area contributed by atoms with Crippen LogP contribution < -0.4 is 10.6 Å². The van der Waals surface area contributed by atoms with Gasteiger partial charge in [0.1, 0.15) is 5.82 Å². The second kappa shape index (κ2) is 5.33. The first-order valence-corrected chi connectivity index (χ1v) is 6.62. The largest absolute Gasteiger partial charge is 0.381 e. The molecule has 0 unspecified atom stereocenters. The summed E-state index contributed by atoms with van der Waals surface area (Å²) < 4.78 is 13.5. The molecule has 1 aliphatic heterocycles. The van der Waals surface area contributed by atoms with Gasteiger partial charge >= 0.3 is 0 Å². The van der Waals surface area contributed by atoms with Gasteiger partial charge in [-0.15, -0.1) is 0 Å². The summed E-state index contributed by atoms with van der Waals surface area (Å²) in [6.07, 6.45) is 1.26. The van der Waals surface area contributed by atoms with E-state index in [2.05, 4.69) is 10.6 Å². The van der Waals surface area contributed by atoms with Gasteiger partial charge in [0.15, 0.2) is 0 Å².